The van der Waals surface area contributed by atoms with E-state index in [1.165, 1.54) is 0 Å². The van der Waals surface area contributed by atoms with Crippen molar-refractivity contribution in [2.75, 3.05) is 6.54 Å². The molecule has 1 aromatic carbocycles. The summed E-state index contributed by atoms with van der Waals surface area (Å²) in [6, 6.07) is 7.62. The second-order valence-electron chi connectivity index (χ2n) is 6.80. The fourth-order valence-corrected chi connectivity index (χ4v) is 2.75. The van der Waals surface area contributed by atoms with Gasteiger partial charge in [-0.1, -0.05) is 26.0 Å². The molecule has 1 aliphatic rings. The molecule has 0 aromatic heterocycles. The Morgan fingerprint density at radius 1 is 1.36 bits per heavy atom. The third-order valence-corrected chi connectivity index (χ3v) is 4.53. The standard InChI is InChI=1S/C17H23Cl2NO2/c1-11(2)10-20-15(21)16(3,4)22-13-7-5-12(6-8-13)14-9-17(14,18)19/h5-8,11,14H,9-10H2,1-4H3,(H,20,21)/t14-/m0/s1. The van der Waals surface area contributed by atoms with Crippen LogP contribution in [0, 0.1) is 5.92 Å². The van der Waals surface area contributed by atoms with Gasteiger partial charge in [-0.15, -0.1) is 23.2 Å². The van der Waals surface area contributed by atoms with Gasteiger partial charge < -0.3 is 10.1 Å². The highest BCUT2D eigenvalue weighted by Crippen LogP contribution is 2.59. The lowest BCUT2D eigenvalue weighted by molar-refractivity contribution is -0.134. The minimum atomic E-state index is -0.918. The summed E-state index contributed by atoms with van der Waals surface area (Å²) >= 11 is 12.1. The fraction of sp³-hybridized carbons (Fsp3) is 0.588. The van der Waals surface area contributed by atoms with Gasteiger partial charge in [0.15, 0.2) is 5.60 Å². The van der Waals surface area contributed by atoms with E-state index in [4.69, 9.17) is 27.9 Å². The second-order valence-corrected chi connectivity index (χ2v) is 8.35. The summed E-state index contributed by atoms with van der Waals surface area (Å²) in [7, 11) is 0. The van der Waals surface area contributed by atoms with Crippen molar-refractivity contribution in [2.45, 2.75) is 50.0 Å². The fourth-order valence-electron chi connectivity index (χ4n) is 2.19. The summed E-state index contributed by atoms with van der Waals surface area (Å²) in [4.78, 5) is 12.2. The molecular weight excluding hydrogens is 321 g/mol. The van der Waals surface area contributed by atoms with Crippen molar-refractivity contribution >= 4 is 29.1 Å². The normalized spacial score (nSPS) is 19.9. The number of amides is 1. The maximum Gasteiger partial charge on any atom is 0.263 e. The molecule has 0 spiro atoms. The predicted molar refractivity (Wildman–Crippen MR) is 90.8 cm³/mol. The van der Waals surface area contributed by atoms with Crippen LogP contribution >= 0.6 is 23.2 Å². The van der Waals surface area contributed by atoms with Crippen LogP contribution in [0.3, 0.4) is 0 Å². The van der Waals surface area contributed by atoms with Crippen LogP contribution in [-0.4, -0.2) is 22.4 Å². The average molecular weight is 344 g/mol. The van der Waals surface area contributed by atoms with E-state index < -0.39 is 9.93 Å². The van der Waals surface area contributed by atoms with Gasteiger partial charge in [0.2, 0.25) is 0 Å². The van der Waals surface area contributed by atoms with E-state index in [9.17, 15) is 4.79 Å². The van der Waals surface area contributed by atoms with E-state index >= 15 is 0 Å². The molecule has 2 rings (SSSR count). The number of alkyl halides is 2. The first kappa shape index (κ1) is 17.4. The Morgan fingerprint density at radius 3 is 2.36 bits per heavy atom. The molecule has 22 heavy (non-hydrogen) atoms. The predicted octanol–water partition coefficient (Wildman–Crippen LogP) is 4.28. The first-order valence-corrected chi connectivity index (χ1v) is 8.32. The molecule has 3 nitrogen and oxygen atoms in total. The Bertz CT molecular complexity index is 538. The van der Waals surface area contributed by atoms with E-state index in [2.05, 4.69) is 19.2 Å². The number of nitrogens with one attached hydrogen (secondary N) is 1. The summed E-state index contributed by atoms with van der Waals surface area (Å²) in [6.07, 6.45) is 0.777. The number of carbonyl (C=O) groups excluding carboxylic acids is 1. The number of hydrogen-bond acceptors (Lipinski definition) is 2. The molecule has 122 valence electrons. The molecule has 1 N–H and O–H groups in total. The van der Waals surface area contributed by atoms with Gasteiger partial charge in [0.05, 0.1) is 0 Å². The Kier molecular flexibility index (Phi) is 4.98. The molecule has 0 aliphatic heterocycles. The molecule has 0 heterocycles. The van der Waals surface area contributed by atoms with Gasteiger partial charge >= 0.3 is 0 Å². The van der Waals surface area contributed by atoms with Crippen molar-refractivity contribution in [1.29, 1.82) is 0 Å². The largest absolute Gasteiger partial charge is 0.478 e. The third kappa shape index (κ3) is 4.30. The number of carbonyl (C=O) groups is 1. The van der Waals surface area contributed by atoms with Gasteiger partial charge in [0.1, 0.15) is 10.1 Å². The molecule has 1 aromatic rings. The first-order valence-electron chi connectivity index (χ1n) is 7.57. The lowest BCUT2D eigenvalue weighted by atomic mass is 10.1. The minimum absolute atomic E-state index is 0.118. The molecule has 1 saturated carbocycles. The SMILES string of the molecule is CC(C)CNC(=O)C(C)(C)Oc1ccc([C@@H]2CC2(Cl)Cl)cc1. The molecule has 1 amide bonds. The Hall–Kier alpha value is -0.930. The van der Waals surface area contributed by atoms with Crippen molar-refractivity contribution in [3.63, 3.8) is 0 Å². The van der Waals surface area contributed by atoms with Gasteiger partial charge in [-0.3, -0.25) is 4.79 Å². The second kappa shape index (κ2) is 6.29. The van der Waals surface area contributed by atoms with Crippen LogP contribution in [0.5, 0.6) is 5.75 Å². The van der Waals surface area contributed by atoms with E-state index in [-0.39, 0.29) is 11.8 Å². The highest BCUT2D eigenvalue weighted by Gasteiger charge is 2.52. The van der Waals surface area contributed by atoms with Crippen molar-refractivity contribution in [2.24, 2.45) is 5.92 Å². The van der Waals surface area contributed by atoms with E-state index in [1.807, 2.05) is 24.3 Å². The van der Waals surface area contributed by atoms with E-state index in [0.717, 1.165) is 12.0 Å². The van der Waals surface area contributed by atoms with Crippen LogP contribution in [0.1, 0.15) is 45.6 Å². The molecule has 1 fully saturated rings. The summed E-state index contributed by atoms with van der Waals surface area (Å²) < 4.78 is 5.20. The summed E-state index contributed by atoms with van der Waals surface area (Å²) in [5, 5.41) is 2.89. The number of benzene rings is 1. The van der Waals surface area contributed by atoms with Crippen LogP contribution < -0.4 is 10.1 Å². The summed E-state index contributed by atoms with van der Waals surface area (Å²) in [6.45, 7) is 8.27. The van der Waals surface area contributed by atoms with Crippen LogP contribution in [0.25, 0.3) is 0 Å². The average Bonchev–Trinajstić information content (AvgIpc) is 3.05. The molecule has 1 aliphatic carbocycles. The van der Waals surface area contributed by atoms with Gasteiger partial charge in [-0.2, -0.15) is 0 Å². The van der Waals surface area contributed by atoms with Crippen molar-refractivity contribution < 1.29 is 9.53 Å². The van der Waals surface area contributed by atoms with Crippen molar-refractivity contribution in [1.82, 2.24) is 5.32 Å². The molecule has 0 radical (unpaired) electrons. The Balaban J connectivity index is 1.96. The van der Waals surface area contributed by atoms with Gasteiger partial charge in [-0.05, 0) is 43.9 Å². The highest BCUT2D eigenvalue weighted by atomic mass is 35.5. The highest BCUT2D eigenvalue weighted by molar-refractivity contribution is 6.51. The van der Waals surface area contributed by atoms with E-state index in [0.29, 0.717) is 18.2 Å². The summed E-state index contributed by atoms with van der Waals surface area (Å²) in [5.74, 6) is 1.13. The van der Waals surface area contributed by atoms with Gasteiger partial charge in [-0.25, -0.2) is 0 Å². The molecular formula is C17H23Cl2NO2. The Labute approximate surface area is 142 Å². The Morgan fingerprint density at radius 2 is 1.91 bits per heavy atom. The van der Waals surface area contributed by atoms with Crippen LogP contribution in [0.2, 0.25) is 0 Å². The van der Waals surface area contributed by atoms with Crippen LogP contribution in [-0.2, 0) is 4.79 Å². The number of hydrogen-bond donors (Lipinski definition) is 1. The number of ether oxygens (including phenoxy) is 1. The minimum Gasteiger partial charge on any atom is -0.478 e. The van der Waals surface area contributed by atoms with Gasteiger partial charge in [0.25, 0.3) is 5.91 Å². The molecule has 5 heteroatoms. The lowest BCUT2D eigenvalue weighted by Crippen LogP contribution is -2.47. The zero-order valence-corrected chi connectivity index (χ0v) is 15.0. The van der Waals surface area contributed by atoms with Gasteiger partial charge in [0, 0.05) is 12.5 Å². The lowest BCUT2D eigenvalue weighted by Gasteiger charge is -2.26. The molecule has 0 saturated heterocycles. The smallest absolute Gasteiger partial charge is 0.263 e. The van der Waals surface area contributed by atoms with Crippen LogP contribution in [0.4, 0.5) is 0 Å². The van der Waals surface area contributed by atoms with E-state index in [1.54, 1.807) is 13.8 Å². The molecule has 0 bridgehead atoms. The first-order chi connectivity index (χ1) is 10.1. The zero-order valence-electron chi connectivity index (χ0n) is 13.5. The molecule has 1 atom stereocenters. The van der Waals surface area contributed by atoms with Crippen molar-refractivity contribution in [3.05, 3.63) is 29.8 Å². The zero-order chi connectivity index (χ0) is 16.5. The maximum atomic E-state index is 12.2. The maximum absolute atomic E-state index is 12.2. The topological polar surface area (TPSA) is 38.3 Å². The number of rotatable bonds is 6. The van der Waals surface area contributed by atoms with Crippen molar-refractivity contribution in [3.8, 4) is 5.75 Å². The van der Waals surface area contributed by atoms with Crippen LogP contribution in [0.15, 0.2) is 24.3 Å². The molecule has 0 unspecified atom stereocenters. The monoisotopic (exact) mass is 343 g/mol. The quantitative estimate of drug-likeness (QED) is 0.783. The summed E-state index contributed by atoms with van der Waals surface area (Å²) in [5.41, 5.74) is 0.179. The third-order valence-electron chi connectivity index (χ3n) is 3.70. The number of halogens is 2.